The number of rotatable bonds is 10. The molecule has 0 saturated carbocycles. The van der Waals surface area contributed by atoms with Crippen molar-refractivity contribution >= 4 is 35.0 Å². The third kappa shape index (κ3) is 7.81. The molecular weight excluding hydrogens is 486 g/mol. The number of carbonyl (C=O) groups excluding carboxylic acids is 2. The van der Waals surface area contributed by atoms with Gasteiger partial charge in [-0.25, -0.2) is 4.39 Å². The third-order valence-electron chi connectivity index (χ3n) is 5.61. The molecule has 0 heterocycles. The number of halogens is 3. The number of hydrogen-bond acceptors (Lipinski definition) is 2. The van der Waals surface area contributed by atoms with Gasteiger partial charge in [0.25, 0.3) is 0 Å². The Balaban J connectivity index is 2.00. The molecule has 2 amide bonds. The zero-order valence-electron chi connectivity index (χ0n) is 19.8. The fourth-order valence-corrected chi connectivity index (χ4v) is 4.23. The number of carbonyl (C=O) groups is 2. The highest BCUT2D eigenvalue weighted by atomic mass is 35.5. The molecule has 0 radical (unpaired) electrons. The minimum atomic E-state index is -0.795. The van der Waals surface area contributed by atoms with Gasteiger partial charge in [-0.15, -0.1) is 0 Å². The molecule has 3 aromatic carbocycles. The van der Waals surface area contributed by atoms with E-state index in [4.69, 9.17) is 23.2 Å². The van der Waals surface area contributed by atoms with Crippen molar-refractivity contribution in [2.45, 2.75) is 39.3 Å². The third-order valence-corrected chi connectivity index (χ3v) is 6.32. The molecule has 35 heavy (non-hydrogen) atoms. The number of benzene rings is 3. The smallest absolute Gasteiger partial charge is 0.243 e. The second kappa shape index (κ2) is 12.7. The first-order chi connectivity index (χ1) is 16.7. The van der Waals surface area contributed by atoms with E-state index >= 15 is 0 Å². The summed E-state index contributed by atoms with van der Waals surface area (Å²) in [7, 11) is 0. The number of nitrogens with zero attached hydrogens (tertiary/aromatic N) is 1. The molecule has 0 fully saturated rings. The van der Waals surface area contributed by atoms with Gasteiger partial charge in [0.1, 0.15) is 11.9 Å². The molecule has 0 aromatic heterocycles. The normalized spacial score (nSPS) is 11.8. The maximum atomic E-state index is 13.7. The van der Waals surface area contributed by atoms with E-state index in [1.54, 1.807) is 30.3 Å². The fourth-order valence-electron chi connectivity index (χ4n) is 3.71. The first kappa shape index (κ1) is 26.7. The Bertz CT molecular complexity index is 1120. The van der Waals surface area contributed by atoms with Crippen LogP contribution >= 0.6 is 23.2 Å². The topological polar surface area (TPSA) is 49.4 Å². The molecular formula is C28H29Cl2FN2O2. The molecule has 0 aliphatic heterocycles. The molecule has 0 saturated heterocycles. The molecule has 184 valence electrons. The number of amides is 2. The summed E-state index contributed by atoms with van der Waals surface area (Å²) in [5.74, 6) is -0.667. The van der Waals surface area contributed by atoms with Crippen LogP contribution in [0, 0.1) is 11.7 Å². The molecule has 4 nitrogen and oxygen atoms in total. The van der Waals surface area contributed by atoms with E-state index < -0.39 is 6.04 Å². The Morgan fingerprint density at radius 1 is 0.886 bits per heavy atom. The molecule has 0 bridgehead atoms. The summed E-state index contributed by atoms with van der Waals surface area (Å²) in [4.78, 5) is 28.6. The molecule has 1 N–H and O–H groups in total. The Labute approximate surface area is 216 Å². The standard InChI is InChI=1S/C28H29Cl2FN2O2/c1-19(2)17-32-28(35)26(15-20-7-4-3-5-8-20)33(18-23-24(29)9-6-10-25(23)30)27(34)16-21-11-13-22(31)14-12-21/h3-14,19,26H,15-18H2,1-2H3,(H,32,35)/t26-/m0/s1. The van der Waals surface area contributed by atoms with Gasteiger partial charge in [-0.2, -0.15) is 0 Å². The largest absolute Gasteiger partial charge is 0.354 e. The van der Waals surface area contributed by atoms with Gasteiger partial charge >= 0.3 is 0 Å². The highest BCUT2D eigenvalue weighted by molar-refractivity contribution is 6.36. The summed E-state index contributed by atoms with van der Waals surface area (Å²) in [6, 6.07) is 19.7. The highest BCUT2D eigenvalue weighted by Gasteiger charge is 2.31. The maximum Gasteiger partial charge on any atom is 0.243 e. The molecule has 0 spiro atoms. The van der Waals surface area contributed by atoms with Crippen molar-refractivity contribution in [2.24, 2.45) is 5.92 Å². The van der Waals surface area contributed by atoms with Crippen LogP contribution in [0.5, 0.6) is 0 Å². The predicted octanol–water partition coefficient (Wildman–Crippen LogP) is 6.09. The summed E-state index contributed by atoms with van der Waals surface area (Å²) >= 11 is 12.9. The second-order valence-corrected chi connectivity index (χ2v) is 9.68. The van der Waals surface area contributed by atoms with Crippen LogP contribution in [0.1, 0.15) is 30.5 Å². The number of nitrogens with one attached hydrogen (secondary N) is 1. The average Bonchev–Trinajstić information content (AvgIpc) is 2.83. The lowest BCUT2D eigenvalue weighted by Crippen LogP contribution is -2.51. The average molecular weight is 515 g/mol. The van der Waals surface area contributed by atoms with E-state index in [0.717, 1.165) is 5.56 Å². The van der Waals surface area contributed by atoms with Crippen molar-refractivity contribution in [1.82, 2.24) is 10.2 Å². The lowest BCUT2D eigenvalue weighted by molar-refractivity contribution is -0.140. The van der Waals surface area contributed by atoms with E-state index in [9.17, 15) is 14.0 Å². The van der Waals surface area contributed by atoms with Gasteiger partial charge < -0.3 is 10.2 Å². The van der Waals surface area contributed by atoms with Crippen molar-refractivity contribution in [3.8, 4) is 0 Å². The van der Waals surface area contributed by atoms with Crippen LogP contribution in [0.15, 0.2) is 72.8 Å². The molecule has 1 atom stereocenters. The van der Waals surface area contributed by atoms with E-state index in [0.29, 0.717) is 34.1 Å². The predicted molar refractivity (Wildman–Crippen MR) is 139 cm³/mol. The molecule has 0 aliphatic rings. The van der Waals surface area contributed by atoms with Gasteiger partial charge in [0.05, 0.1) is 6.42 Å². The van der Waals surface area contributed by atoms with Crippen molar-refractivity contribution in [3.05, 3.63) is 105 Å². The maximum absolute atomic E-state index is 13.7. The quantitative estimate of drug-likeness (QED) is 0.356. The van der Waals surface area contributed by atoms with Crippen LogP contribution in [0.25, 0.3) is 0 Å². The van der Waals surface area contributed by atoms with Gasteiger partial charge in [0, 0.05) is 35.1 Å². The van der Waals surface area contributed by atoms with Gasteiger partial charge in [0.15, 0.2) is 0 Å². The zero-order valence-corrected chi connectivity index (χ0v) is 21.3. The summed E-state index contributed by atoms with van der Waals surface area (Å²) in [5, 5.41) is 3.81. The molecule has 0 unspecified atom stereocenters. The SMILES string of the molecule is CC(C)CNC(=O)[C@H](Cc1ccccc1)N(Cc1c(Cl)cccc1Cl)C(=O)Cc1ccc(F)cc1. The highest BCUT2D eigenvalue weighted by Crippen LogP contribution is 2.27. The summed E-state index contributed by atoms with van der Waals surface area (Å²) < 4.78 is 13.4. The van der Waals surface area contributed by atoms with Gasteiger partial charge in [-0.3, -0.25) is 9.59 Å². The van der Waals surface area contributed by atoms with Gasteiger partial charge in [-0.1, -0.05) is 85.6 Å². The first-order valence-corrected chi connectivity index (χ1v) is 12.3. The van der Waals surface area contributed by atoms with E-state index in [1.807, 2.05) is 44.2 Å². The minimum Gasteiger partial charge on any atom is -0.354 e. The Hall–Kier alpha value is -2.89. The fraction of sp³-hybridized carbons (Fsp3) is 0.286. The van der Waals surface area contributed by atoms with Crippen molar-refractivity contribution in [1.29, 1.82) is 0 Å². The number of hydrogen-bond donors (Lipinski definition) is 1. The zero-order chi connectivity index (χ0) is 25.4. The van der Waals surface area contributed by atoms with Gasteiger partial charge in [-0.05, 0) is 41.3 Å². The Kier molecular flexibility index (Phi) is 9.70. The molecule has 0 aliphatic carbocycles. The monoisotopic (exact) mass is 514 g/mol. The van der Waals surface area contributed by atoms with Crippen molar-refractivity contribution < 1.29 is 14.0 Å². The Morgan fingerprint density at radius 3 is 2.11 bits per heavy atom. The van der Waals surface area contributed by atoms with E-state index in [-0.39, 0.29) is 36.5 Å². The van der Waals surface area contributed by atoms with Crippen LogP contribution < -0.4 is 5.32 Å². The molecule has 3 rings (SSSR count). The minimum absolute atomic E-state index is 0.00506. The van der Waals surface area contributed by atoms with E-state index in [2.05, 4.69) is 5.32 Å². The Morgan fingerprint density at radius 2 is 1.51 bits per heavy atom. The molecule has 7 heteroatoms. The first-order valence-electron chi connectivity index (χ1n) is 11.5. The van der Waals surface area contributed by atoms with Crippen LogP contribution in [0.3, 0.4) is 0 Å². The van der Waals surface area contributed by atoms with Crippen LogP contribution in [0.4, 0.5) is 4.39 Å². The lowest BCUT2D eigenvalue weighted by Gasteiger charge is -2.32. The second-order valence-electron chi connectivity index (χ2n) is 8.87. The van der Waals surface area contributed by atoms with Crippen LogP contribution in [-0.2, 0) is 29.0 Å². The van der Waals surface area contributed by atoms with Gasteiger partial charge in [0.2, 0.25) is 11.8 Å². The van der Waals surface area contributed by atoms with Crippen LogP contribution in [-0.4, -0.2) is 29.3 Å². The summed E-state index contributed by atoms with van der Waals surface area (Å²) in [5.41, 5.74) is 2.13. The van der Waals surface area contributed by atoms with Crippen molar-refractivity contribution in [2.75, 3.05) is 6.54 Å². The van der Waals surface area contributed by atoms with Crippen molar-refractivity contribution in [3.63, 3.8) is 0 Å². The van der Waals surface area contributed by atoms with Crippen LogP contribution in [0.2, 0.25) is 10.0 Å². The summed E-state index contributed by atoms with van der Waals surface area (Å²) in [6.07, 6.45) is 0.326. The van der Waals surface area contributed by atoms with E-state index in [1.165, 1.54) is 17.0 Å². The lowest BCUT2D eigenvalue weighted by atomic mass is 10.0. The molecule has 3 aromatic rings. The summed E-state index contributed by atoms with van der Waals surface area (Å²) in [6.45, 7) is 4.56.